The van der Waals surface area contributed by atoms with Crippen LogP contribution in [0, 0.1) is 10.1 Å². The monoisotopic (exact) mass is 266 g/mol. The number of hydrogen-bond acceptors (Lipinski definition) is 6. The first kappa shape index (κ1) is 12.5. The number of hydrogen-bond donors (Lipinski definition) is 1. The molecule has 1 heterocycles. The first-order valence-corrected chi connectivity index (χ1v) is 5.97. The van der Waals surface area contributed by atoms with Gasteiger partial charge in [0.05, 0.1) is 21.9 Å². The molecule has 2 aromatic rings. The standard InChI is InChI=1S/C11H10N2O4S/c14-5-8-3-9(13(15)16)1-2-11(8)17-6-10-4-12-7-18-10/h1-4,7,14H,5-6H2. The van der Waals surface area contributed by atoms with E-state index in [4.69, 9.17) is 9.84 Å². The molecular weight excluding hydrogens is 256 g/mol. The Morgan fingerprint density at radius 1 is 1.50 bits per heavy atom. The smallest absolute Gasteiger partial charge is 0.270 e. The predicted molar refractivity (Wildman–Crippen MR) is 65.5 cm³/mol. The number of non-ortho nitro benzene ring substituents is 1. The van der Waals surface area contributed by atoms with Crippen molar-refractivity contribution in [3.63, 3.8) is 0 Å². The minimum atomic E-state index is -0.508. The molecule has 0 aliphatic carbocycles. The molecule has 18 heavy (non-hydrogen) atoms. The van der Waals surface area contributed by atoms with Gasteiger partial charge < -0.3 is 9.84 Å². The maximum absolute atomic E-state index is 10.6. The number of ether oxygens (including phenoxy) is 1. The van der Waals surface area contributed by atoms with Gasteiger partial charge in [0, 0.05) is 23.9 Å². The van der Waals surface area contributed by atoms with Gasteiger partial charge in [-0.25, -0.2) is 0 Å². The molecule has 0 spiro atoms. The van der Waals surface area contributed by atoms with E-state index in [-0.39, 0.29) is 12.3 Å². The van der Waals surface area contributed by atoms with Crippen LogP contribution in [-0.4, -0.2) is 15.0 Å². The summed E-state index contributed by atoms with van der Waals surface area (Å²) in [5.41, 5.74) is 2.03. The maximum atomic E-state index is 10.6. The molecule has 6 nitrogen and oxygen atoms in total. The van der Waals surface area contributed by atoms with Crippen LogP contribution in [0.15, 0.2) is 29.9 Å². The van der Waals surface area contributed by atoms with E-state index < -0.39 is 4.92 Å². The molecule has 0 unspecified atom stereocenters. The van der Waals surface area contributed by atoms with Crippen LogP contribution in [0.2, 0.25) is 0 Å². The fraction of sp³-hybridized carbons (Fsp3) is 0.182. The van der Waals surface area contributed by atoms with Crippen molar-refractivity contribution in [2.45, 2.75) is 13.2 Å². The molecule has 0 saturated carbocycles. The molecule has 0 radical (unpaired) electrons. The zero-order valence-corrected chi connectivity index (χ0v) is 10.1. The van der Waals surface area contributed by atoms with Crippen LogP contribution < -0.4 is 4.74 Å². The normalized spacial score (nSPS) is 10.3. The first-order valence-electron chi connectivity index (χ1n) is 5.09. The van der Waals surface area contributed by atoms with Gasteiger partial charge in [0.15, 0.2) is 0 Å². The second-order valence-electron chi connectivity index (χ2n) is 3.46. The Hall–Kier alpha value is -1.99. The Balaban J connectivity index is 2.14. The number of rotatable bonds is 5. The maximum Gasteiger partial charge on any atom is 0.270 e. The Bertz CT molecular complexity index is 542. The van der Waals surface area contributed by atoms with Gasteiger partial charge in [0.25, 0.3) is 5.69 Å². The van der Waals surface area contributed by atoms with Crippen molar-refractivity contribution in [2.75, 3.05) is 0 Å². The third kappa shape index (κ3) is 2.82. The van der Waals surface area contributed by atoms with Crippen molar-refractivity contribution in [3.8, 4) is 5.75 Å². The quantitative estimate of drug-likeness (QED) is 0.661. The third-order valence-corrected chi connectivity index (χ3v) is 3.03. The van der Waals surface area contributed by atoms with Gasteiger partial charge in [0.2, 0.25) is 0 Å². The molecule has 0 saturated heterocycles. The molecule has 0 fully saturated rings. The highest BCUT2D eigenvalue weighted by Gasteiger charge is 2.11. The van der Waals surface area contributed by atoms with Crippen molar-refractivity contribution < 1.29 is 14.8 Å². The molecule has 0 amide bonds. The molecule has 94 valence electrons. The lowest BCUT2D eigenvalue weighted by Gasteiger charge is -2.08. The Kier molecular flexibility index (Phi) is 3.85. The summed E-state index contributed by atoms with van der Waals surface area (Å²) < 4.78 is 5.49. The number of thiazole rings is 1. The largest absolute Gasteiger partial charge is 0.488 e. The van der Waals surface area contributed by atoms with E-state index in [0.29, 0.717) is 17.9 Å². The van der Waals surface area contributed by atoms with Crippen molar-refractivity contribution in [1.82, 2.24) is 4.98 Å². The third-order valence-electron chi connectivity index (χ3n) is 2.28. The second kappa shape index (κ2) is 5.56. The molecule has 1 aromatic heterocycles. The highest BCUT2D eigenvalue weighted by atomic mass is 32.1. The number of aromatic nitrogens is 1. The molecule has 0 aliphatic heterocycles. The van der Waals surface area contributed by atoms with E-state index in [1.807, 2.05) is 0 Å². The summed E-state index contributed by atoms with van der Waals surface area (Å²) in [5.74, 6) is 0.441. The first-order chi connectivity index (χ1) is 8.70. The van der Waals surface area contributed by atoms with Crippen molar-refractivity contribution >= 4 is 17.0 Å². The number of nitro groups is 1. The average molecular weight is 266 g/mol. The summed E-state index contributed by atoms with van der Waals surface area (Å²) in [6, 6.07) is 4.15. The van der Waals surface area contributed by atoms with Crippen LogP contribution in [-0.2, 0) is 13.2 Å². The fourth-order valence-corrected chi connectivity index (χ4v) is 1.91. The Labute approximate surface area is 107 Å². The fourth-order valence-electron chi connectivity index (χ4n) is 1.41. The van der Waals surface area contributed by atoms with E-state index in [1.165, 1.54) is 29.5 Å². The van der Waals surface area contributed by atoms with Crippen LogP contribution in [0.5, 0.6) is 5.75 Å². The van der Waals surface area contributed by atoms with Crippen LogP contribution in [0.4, 0.5) is 5.69 Å². The lowest BCUT2D eigenvalue weighted by atomic mass is 10.2. The zero-order valence-electron chi connectivity index (χ0n) is 9.28. The summed E-state index contributed by atoms with van der Waals surface area (Å²) in [5, 5.41) is 19.8. The van der Waals surface area contributed by atoms with Crippen LogP contribution >= 0.6 is 11.3 Å². The van der Waals surface area contributed by atoms with Gasteiger partial charge in [-0.05, 0) is 6.07 Å². The van der Waals surface area contributed by atoms with Gasteiger partial charge in [-0.3, -0.25) is 15.1 Å². The summed E-state index contributed by atoms with van der Waals surface area (Å²) in [6.07, 6.45) is 1.69. The van der Waals surface area contributed by atoms with Crippen molar-refractivity contribution in [2.24, 2.45) is 0 Å². The van der Waals surface area contributed by atoms with Crippen molar-refractivity contribution in [1.29, 1.82) is 0 Å². The van der Waals surface area contributed by atoms with Gasteiger partial charge in [-0.2, -0.15) is 0 Å². The van der Waals surface area contributed by atoms with Crippen molar-refractivity contribution in [3.05, 3.63) is 50.5 Å². The topological polar surface area (TPSA) is 85.5 Å². The number of nitrogens with zero attached hydrogens (tertiary/aromatic N) is 2. The number of benzene rings is 1. The number of aliphatic hydroxyl groups excluding tert-OH is 1. The van der Waals surface area contributed by atoms with Gasteiger partial charge in [-0.15, -0.1) is 11.3 Å². The van der Waals surface area contributed by atoms with Gasteiger partial charge >= 0.3 is 0 Å². The van der Waals surface area contributed by atoms with Crippen LogP contribution in [0.1, 0.15) is 10.4 Å². The molecule has 1 N–H and O–H groups in total. The van der Waals surface area contributed by atoms with E-state index in [2.05, 4.69) is 4.98 Å². The summed E-state index contributed by atoms with van der Waals surface area (Å²) in [7, 11) is 0. The van der Waals surface area contributed by atoms with Crippen LogP contribution in [0.25, 0.3) is 0 Å². The Morgan fingerprint density at radius 2 is 2.33 bits per heavy atom. The lowest BCUT2D eigenvalue weighted by Crippen LogP contribution is -1.98. The van der Waals surface area contributed by atoms with E-state index in [9.17, 15) is 10.1 Å². The zero-order chi connectivity index (χ0) is 13.0. The number of nitro benzene ring substituents is 1. The molecule has 0 aliphatic rings. The SMILES string of the molecule is O=[N+]([O-])c1ccc(OCc2cncs2)c(CO)c1. The number of aliphatic hydroxyl groups is 1. The summed E-state index contributed by atoms with van der Waals surface area (Å²) >= 11 is 1.46. The lowest BCUT2D eigenvalue weighted by molar-refractivity contribution is -0.385. The van der Waals surface area contributed by atoms with E-state index in [1.54, 1.807) is 11.7 Å². The molecule has 2 rings (SSSR count). The molecule has 1 aromatic carbocycles. The Morgan fingerprint density at radius 3 is 2.94 bits per heavy atom. The van der Waals surface area contributed by atoms with Crippen LogP contribution in [0.3, 0.4) is 0 Å². The van der Waals surface area contributed by atoms with E-state index >= 15 is 0 Å². The highest BCUT2D eigenvalue weighted by Crippen LogP contribution is 2.25. The highest BCUT2D eigenvalue weighted by molar-refractivity contribution is 7.09. The minimum absolute atomic E-state index is 0.0656. The molecular formula is C11H10N2O4S. The minimum Gasteiger partial charge on any atom is -0.488 e. The average Bonchev–Trinajstić information content (AvgIpc) is 2.89. The molecule has 7 heteroatoms. The second-order valence-corrected chi connectivity index (χ2v) is 4.43. The molecule has 0 atom stereocenters. The van der Waals surface area contributed by atoms with Gasteiger partial charge in [0.1, 0.15) is 12.4 Å². The predicted octanol–water partition coefficient (Wildman–Crippen LogP) is 2.12. The summed E-state index contributed by atoms with van der Waals surface area (Å²) in [4.78, 5) is 14.9. The van der Waals surface area contributed by atoms with Gasteiger partial charge in [-0.1, -0.05) is 0 Å². The van der Waals surface area contributed by atoms with E-state index in [0.717, 1.165) is 4.88 Å². The summed E-state index contributed by atoms with van der Waals surface area (Å²) in [6.45, 7) is 0.0230. The molecule has 0 bridgehead atoms.